The number of rotatable bonds is 4. The van der Waals surface area contributed by atoms with Gasteiger partial charge in [-0.15, -0.1) is 5.10 Å². The number of halogens is 1. The third-order valence-corrected chi connectivity index (χ3v) is 3.37. The number of fused-ring (bicyclic) bond motifs is 1. The molecule has 0 bridgehead atoms. The summed E-state index contributed by atoms with van der Waals surface area (Å²) in [6, 6.07) is 2.64. The van der Waals surface area contributed by atoms with Crippen LogP contribution in [-0.2, 0) is 7.05 Å². The number of nitrogens with zero attached hydrogens (tertiary/aromatic N) is 4. The molecular formula is C14H14FN7O2. The fourth-order valence-electron chi connectivity index (χ4n) is 2.25. The van der Waals surface area contributed by atoms with Gasteiger partial charge in [-0.2, -0.15) is 0 Å². The number of primary amides is 1. The molecule has 0 saturated heterocycles. The lowest BCUT2D eigenvalue weighted by atomic mass is 10.2. The van der Waals surface area contributed by atoms with E-state index in [4.69, 9.17) is 16.2 Å². The van der Waals surface area contributed by atoms with Gasteiger partial charge >= 0.3 is 0 Å². The molecule has 0 aromatic carbocycles. The number of aryl methyl sites for hydroxylation is 1. The molecular weight excluding hydrogens is 317 g/mol. The summed E-state index contributed by atoms with van der Waals surface area (Å²) in [6.07, 6.45) is 1.51. The average Bonchev–Trinajstić information content (AvgIpc) is 2.86. The summed E-state index contributed by atoms with van der Waals surface area (Å²) in [5, 5.41) is 7.69. The number of ether oxygens (including phenoxy) is 1. The summed E-state index contributed by atoms with van der Waals surface area (Å²) in [4.78, 5) is 19.6. The van der Waals surface area contributed by atoms with Crippen molar-refractivity contribution in [3.63, 3.8) is 0 Å². The molecule has 24 heavy (non-hydrogen) atoms. The molecule has 9 nitrogen and oxygen atoms in total. The van der Waals surface area contributed by atoms with Gasteiger partial charge in [-0.1, -0.05) is 0 Å². The average molecular weight is 331 g/mol. The van der Waals surface area contributed by atoms with Crippen molar-refractivity contribution in [2.24, 2.45) is 12.8 Å². The number of hydrogen-bond donors (Lipinski definition) is 3. The first-order chi connectivity index (χ1) is 11.4. The van der Waals surface area contributed by atoms with E-state index in [0.717, 1.165) is 6.07 Å². The highest BCUT2D eigenvalue weighted by Gasteiger charge is 2.16. The van der Waals surface area contributed by atoms with Gasteiger partial charge in [-0.25, -0.2) is 19.0 Å². The smallest absolute Gasteiger partial charge is 0.252 e. The monoisotopic (exact) mass is 331 g/mol. The lowest BCUT2D eigenvalue weighted by Crippen LogP contribution is -2.16. The number of anilines is 3. The number of carbonyl (C=O) groups excluding carboxylic acids is 1. The minimum Gasteiger partial charge on any atom is -0.479 e. The Morgan fingerprint density at radius 2 is 2.17 bits per heavy atom. The Morgan fingerprint density at radius 3 is 2.83 bits per heavy atom. The van der Waals surface area contributed by atoms with E-state index in [-0.39, 0.29) is 17.2 Å². The van der Waals surface area contributed by atoms with Crippen LogP contribution in [-0.4, -0.2) is 32.8 Å². The van der Waals surface area contributed by atoms with Crippen molar-refractivity contribution in [2.75, 3.05) is 18.2 Å². The van der Waals surface area contributed by atoms with Gasteiger partial charge in [0.25, 0.3) is 5.91 Å². The lowest BCUT2D eigenvalue weighted by Gasteiger charge is -2.10. The maximum atomic E-state index is 13.5. The number of nitrogens with one attached hydrogen (secondary N) is 1. The Balaban J connectivity index is 2.07. The van der Waals surface area contributed by atoms with E-state index in [1.165, 1.54) is 13.3 Å². The molecule has 0 spiro atoms. The SMILES string of the molecule is COc1nn(C)c2ncc(Nc3nc(N)c(F)cc3C(N)=O)cc12. The molecule has 0 aliphatic carbocycles. The predicted octanol–water partition coefficient (Wildman–Crippen LogP) is 0.936. The van der Waals surface area contributed by atoms with E-state index >= 15 is 0 Å². The Morgan fingerprint density at radius 1 is 1.42 bits per heavy atom. The van der Waals surface area contributed by atoms with Crippen LogP contribution in [0.1, 0.15) is 10.4 Å². The zero-order chi connectivity index (χ0) is 17.4. The zero-order valence-electron chi connectivity index (χ0n) is 12.9. The van der Waals surface area contributed by atoms with Crippen LogP contribution in [0.2, 0.25) is 0 Å². The number of aromatic nitrogens is 4. The van der Waals surface area contributed by atoms with Crippen molar-refractivity contribution in [3.05, 3.63) is 29.7 Å². The zero-order valence-corrected chi connectivity index (χ0v) is 12.9. The van der Waals surface area contributed by atoms with E-state index in [1.54, 1.807) is 17.8 Å². The van der Waals surface area contributed by atoms with Crippen LogP contribution in [0, 0.1) is 5.82 Å². The molecule has 0 fully saturated rings. The highest BCUT2D eigenvalue weighted by molar-refractivity contribution is 5.98. The van der Waals surface area contributed by atoms with E-state index in [2.05, 4.69) is 20.4 Å². The minimum atomic E-state index is -0.836. The number of carbonyl (C=O) groups is 1. The standard InChI is InChI=1S/C14H14FN7O2/c1-22-13-8(14(21-22)24-2)3-6(5-18-13)19-12-7(11(17)23)4-9(15)10(16)20-12/h3-5H,1-2H3,(H2,17,23)(H3,16,19,20). The molecule has 0 atom stereocenters. The highest BCUT2D eigenvalue weighted by atomic mass is 19.1. The first-order valence-corrected chi connectivity index (χ1v) is 6.80. The van der Waals surface area contributed by atoms with Gasteiger partial charge in [0.1, 0.15) is 5.82 Å². The Labute approximate surface area is 135 Å². The van der Waals surface area contributed by atoms with Crippen LogP contribution in [0.25, 0.3) is 11.0 Å². The third-order valence-electron chi connectivity index (χ3n) is 3.37. The minimum absolute atomic E-state index is 0.0328. The van der Waals surface area contributed by atoms with Gasteiger partial charge in [-0.05, 0) is 12.1 Å². The van der Waals surface area contributed by atoms with E-state index in [9.17, 15) is 9.18 Å². The molecule has 0 saturated carbocycles. The number of nitrogens with two attached hydrogens (primary N) is 2. The summed E-state index contributed by atoms with van der Waals surface area (Å²) in [6.45, 7) is 0. The third kappa shape index (κ3) is 2.53. The number of hydrogen-bond acceptors (Lipinski definition) is 7. The molecule has 5 N–H and O–H groups in total. The van der Waals surface area contributed by atoms with Gasteiger partial charge in [0.15, 0.2) is 17.3 Å². The van der Waals surface area contributed by atoms with Crippen molar-refractivity contribution in [1.82, 2.24) is 19.7 Å². The number of amides is 1. The molecule has 0 unspecified atom stereocenters. The topological polar surface area (TPSA) is 134 Å². The molecule has 0 aliphatic heterocycles. The Kier molecular flexibility index (Phi) is 3.64. The second-order valence-corrected chi connectivity index (χ2v) is 4.97. The summed E-state index contributed by atoms with van der Waals surface area (Å²) < 4.78 is 20.3. The van der Waals surface area contributed by atoms with Crippen LogP contribution in [0.15, 0.2) is 18.3 Å². The van der Waals surface area contributed by atoms with E-state index in [1.807, 2.05) is 0 Å². The Hall–Kier alpha value is -3.43. The molecule has 1 amide bonds. The summed E-state index contributed by atoms with van der Waals surface area (Å²) in [7, 11) is 3.23. The quantitative estimate of drug-likeness (QED) is 0.647. The van der Waals surface area contributed by atoms with Gasteiger partial charge in [-0.3, -0.25) is 4.79 Å². The normalized spacial score (nSPS) is 10.8. The van der Waals surface area contributed by atoms with E-state index in [0.29, 0.717) is 22.6 Å². The van der Waals surface area contributed by atoms with Gasteiger partial charge in [0.05, 0.1) is 29.9 Å². The lowest BCUT2D eigenvalue weighted by molar-refractivity contribution is 0.100. The maximum absolute atomic E-state index is 13.5. The van der Waals surface area contributed by atoms with Crippen molar-refractivity contribution in [1.29, 1.82) is 0 Å². The van der Waals surface area contributed by atoms with Crippen LogP contribution >= 0.6 is 0 Å². The van der Waals surface area contributed by atoms with Gasteiger partial charge < -0.3 is 21.5 Å². The number of nitrogen functional groups attached to an aromatic ring is 1. The highest BCUT2D eigenvalue weighted by Crippen LogP contribution is 2.28. The van der Waals surface area contributed by atoms with Gasteiger partial charge in [0, 0.05) is 7.05 Å². The molecule has 124 valence electrons. The maximum Gasteiger partial charge on any atom is 0.252 e. The fourth-order valence-corrected chi connectivity index (χ4v) is 2.25. The van der Waals surface area contributed by atoms with Crippen LogP contribution in [0.3, 0.4) is 0 Å². The van der Waals surface area contributed by atoms with Crippen LogP contribution in [0.5, 0.6) is 5.88 Å². The van der Waals surface area contributed by atoms with Crippen molar-refractivity contribution < 1.29 is 13.9 Å². The van der Waals surface area contributed by atoms with Crippen LogP contribution in [0.4, 0.5) is 21.7 Å². The molecule has 3 heterocycles. The number of methoxy groups -OCH3 is 1. The molecule has 3 aromatic rings. The molecule has 0 aliphatic rings. The molecule has 10 heteroatoms. The number of pyridine rings is 2. The van der Waals surface area contributed by atoms with E-state index < -0.39 is 11.7 Å². The first-order valence-electron chi connectivity index (χ1n) is 6.80. The summed E-state index contributed by atoms with van der Waals surface area (Å²) in [5.74, 6) is -1.58. The van der Waals surface area contributed by atoms with Crippen molar-refractivity contribution >= 4 is 34.3 Å². The molecule has 0 radical (unpaired) electrons. The van der Waals surface area contributed by atoms with Crippen molar-refractivity contribution in [3.8, 4) is 5.88 Å². The molecule has 3 aromatic heterocycles. The van der Waals surface area contributed by atoms with Crippen molar-refractivity contribution in [2.45, 2.75) is 0 Å². The summed E-state index contributed by atoms with van der Waals surface area (Å²) in [5.41, 5.74) is 11.7. The first kappa shape index (κ1) is 15.5. The largest absolute Gasteiger partial charge is 0.479 e. The second kappa shape index (κ2) is 5.65. The van der Waals surface area contributed by atoms with Crippen LogP contribution < -0.4 is 21.5 Å². The Bertz CT molecular complexity index is 954. The predicted molar refractivity (Wildman–Crippen MR) is 85.5 cm³/mol. The second-order valence-electron chi connectivity index (χ2n) is 4.97. The fraction of sp³-hybridized carbons (Fsp3) is 0.143. The molecule has 3 rings (SSSR count). The van der Waals surface area contributed by atoms with Gasteiger partial charge in [0.2, 0.25) is 5.88 Å². The summed E-state index contributed by atoms with van der Waals surface area (Å²) >= 11 is 0.